The number of rotatable bonds is 3. The van der Waals surface area contributed by atoms with Gasteiger partial charge in [-0.1, -0.05) is 0 Å². The Hall–Kier alpha value is -1.56. The SMILES string of the molecule is C#CCCc1c(F)cc(F)cc1OC. The third kappa shape index (κ3) is 2.23. The van der Waals surface area contributed by atoms with Gasteiger partial charge in [-0.2, -0.15) is 0 Å². The van der Waals surface area contributed by atoms with Crippen LogP contribution in [-0.4, -0.2) is 7.11 Å². The molecule has 3 heteroatoms. The molecule has 74 valence electrons. The second-order valence-electron chi connectivity index (χ2n) is 2.77. The van der Waals surface area contributed by atoms with Crippen LogP contribution >= 0.6 is 0 Å². The number of hydrogen-bond donors (Lipinski definition) is 0. The lowest BCUT2D eigenvalue weighted by Crippen LogP contribution is -1.97. The minimum atomic E-state index is -0.649. The molecule has 1 aromatic carbocycles. The third-order valence-electron chi connectivity index (χ3n) is 1.86. The molecule has 0 N–H and O–H groups in total. The maximum atomic E-state index is 13.2. The van der Waals surface area contributed by atoms with E-state index in [4.69, 9.17) is 11.2 Å². The summed E-state index contributed by atoms with van der Waals surface area (Å²) in [5.74, 6) is 1.34. The highest BCUT2D eigenvalue weighted by molar-refractivity contribution is 5.35. The maximum Gasteiger partial charge on any atom is 0.133 e. The number of terminal acetylenes is 1. The van der Waals surface area contributed by atoms with E-state index in [9.17, 15) is 8.78 Å². The van der Waals surface area contributed by atoms with Gasteiger partial charge in [0.15, 0.2) is 0 Å². The molecule has 0 atom stereocenters. The summed E-state index contributed by atoms with van der Waals surface area (Å²) in [4.78, 5) is 0. The fourth-order valence-corrected chi connectivity index (χ4v) is 1.20. The van der Waals surface area contributed by atoms with Crippen LogP contribution in [0.5, 0.6) is 5.75 Å². The molecule has 0 unspecified atom stereocenters. The molecule has 0 fully saturated rings. The smallest absolute Gasteiger partial charge is 0.133 e. The van der Waals surface area contributed by atoms with Crippen molar-refractivity contribution in [3.8, 4) is 18.1 Å². The number of benzene rings is 1. The van der Waals surface area contributed by atoms with E-state index in [1.54, 1.807) is 0 Å². The first-order chi connectivity index (χ1) is 6.69. The molecule has 14 heavy (non-hydrogen) atoms. The van der Waals surface area contributed by atoms with Crippen LogP contribution in [-0.2, 0) is 6.42 Å². The molecule has 1 rings (SSSR count). The number of halogens is 2. The van der Waals surface area contributed by atoms with Gasteiger partial charge in [0.2, 0.25) is 0 Å². The van der Waals surface area contributed by atoms with Crippen molar-refractivity contribution in [2.24, 2.45) is 0 Å². The van der Waals surface area contributed by atoms with E-state index in [0.29, 0.717) is 18.4 Å². The summed E-state index contributed by atoms with van der Waals surface area (Å²) in [5.41, 5.74) is 0.326. The van der Waals surface area contributed by atoms with Crippen molar-refractivity contribution in [1.29, 1.82) is 0 Å². The van der Waals surface area contributed by atoms with E-state index in [2.05, 4.69) is 5.92 Å². The van der Waals surface area contributed by atoms with Gasteiger partial charge < -0.3 is 4.74 Å². The largest absolute Gasteiger partial charge is 0.496 e. The minimum absolute atomic E-state index is 0.206. The highest BCUT2D eigenvalue weighted by Crippen LogP contribution is 2.24. The molecule has 0 spiro atoms. The summed E-state index contributed by atoms with van der Waals surface area (Å²) >= 11 is 0. The Morgan fingerprint density at radius 2 is 2.14 bits per heavy atom. The molecule has 0 saturated carbocycles. The zero-order valence-electron chi connectivity index (χ0n) is 7.81. The van der Waals surface area contributed by atoms with Gasteiger partial charge in [-0.3, -0.25) is 0 Å². The topological polar surface area (TPSA) is 9.23 Å². The van der Waals surface area contributed by atoms with E-state index < -0.39 is 11.6 Å². The number of methoxy groups -OCH3 is 1. The van der Waals surface area contributed by atoms with Crippen molar-refractivity contribution in [3.05, 3.63) is 29.3 Å². The van der Waals surface area contributed by atoms with Gasteiger partial charge in [0, 0.05) is 24.1 Å². The molecule has 0 aliphatic heterocycles. The Kier molecular flexibility index (Phi) is 3.47. The molecule has 0 aromatic heterocycles. The summed E-state index contributed by atoms with van der Waals surface area (Å²) in [5, 5.41) is 0. The first-order valence-corrected chi connectivity index (χ1v) is 4.14. The van der Waals surface area contributed by atoms with Crippen LogP contribution in [0.1, 0.15) is 12.0 Å². The average Bonchev–Trinajstić information content (AvgIpc) is 2.15. The van der Waals surface area contributed by atoms with E-state index in [0.717, 1.165) is 12.1 Å². The zero-order valence-corrected chi connectivity index (χ0v) is 7.81. The number of ether oxygens (including phenoxy) is 1. The quantitative estimate of drug-likeness (QED) is 0.675. The van der Waals surface area contributed by atoms with Crippen LogP contribution in [0.4, 0.5) is 8.78 Å². The molecule has 1 nitrogen and oxygen atoms in total. The normalized spacial score (nSPS) is 9.57. The van der Waals surface area contributed by atoms with E-state index in [-0.39, 0.29) is 5.75 Å². The zero-order chi connectivity index (χ0) is 10.6. The summed E-state index contributed by atoms with van der Waals surface area (Å²) in [6.07, 6.45) is 5.82. The van der Waals surface area contributed by atoms with Crippen LogP contribution < -0.4 is 4.74 Å². The highest BCUT2D eigenvalue weighted by atomic mass is 19.1. The van der Waals surface area contributed by atoms with E-state index >= 15 is 0 Å². The van der Waals surface area contributed by atoms with Crippen LogP contribution in [0.2, 0.25) is 0 Å². The molecular weight excluding hydrogens is 186 g/mol. The third-order valence-corrected chi connectivity index (χ3v) is 1.86. The first-order valence-electron chi connectivity index (χ1n) is 4.14. The first kappa shape index (κ1) is 10.5. The van der Waals surface area contributed by atoms with Crippen molar-refractivity contribution >= 4 is 0 Å². The molecular formula is C11H10F2O. The molecule has 0 aliphatic carbocycles. The van der Waals surface area contributed by atoms with Gasteiger partial charge in [0.05, 0.1) is 7.11 Å². The lowest BCUT2D eigenvalue weighted by atomic mass is 10.1. The Bertz CT molecular complexity index is 366. The predicted octanol–water partition coefficient (Wildman–Crippen LogP) is 2.54. The van der Waals surface area contributed by atoms with Crippen LogP contribution in [0.15, 0.2) is 12.1 Å². The Morgan fingerprint density at radius 3 is 2.71 bits per heavy atom. The van der Waals surface area contributed by atoms with Crippen LogP contribution in [0, 0.1) is 24.0 Å². The fraction of sp³-hybridized carbons (Fsp3) is 0.273. The molecule has 0 radical (unpaired) electrons. The second-order valence-corrected chi connectivity index (χ2v) is 2.77. The Morgan fingerprint density at radius 1 is 1.43 bits per heavy atom. The van der Waals surface area contributed by atoms with Crippen molar-refractivity contribution in [1.82, 2.24) is 0 Å². The lowest BCUT2D eigenvalue weighted by Gasteiger charge is -2.08. The molecule has 0 amide bonds. The summed E-state index contributed by atoms with van der Waals surface area (Å²) in [7, 11) is 1.37. The van der Waals surface area contributed by atoms with Gasteiger partial charge in [0.25, 0.3) is 0 Å². The van der Waals surface area contributed by atoms with Crippen LogP contribution in [0.3, 0.4) is 0 Å². The highest BCUT2D eigenvalue weighted by Gasteiger charge is 2.10. The van der Waals surface area contributed by atoms with Gasteiger partial charge in [-0.15, -0.1) is 12.3 Å². The molecule has 1 aromatic rings. The summed E-state index contributed by atoms with van der Waals surface area (Å²) < 4.78 is 30.8. The minimum Gasteiger partial charge on any atom is -0.496 e. The molecule has 0 saturated heterocycles. The van der Waals surface area contributed by atoms with Crippen molar-refractivity contribution < 1.29 is 13.5 Å². The molecule has 0 bridgehead atoms. The molecule has 0 heterocycles. The average molecular weight is 196 g/mol. The van der Waals surface area contributed by atoms with Crippen molar-refractivity contribution in [3.63, 3.8) is 0 Å². The van der Waals surface area contributed by atoms with Gasteiger partial charge >= 0.3 is 0 Å². The second kappa shape index (κ2) is 4.61. The van der Waals surface area contributed by atoms with Gasteiger partial charge in [-0.25, -0.2) is 8.78 Å². The lowest BCUT2D eigenvalue weighted by molar-refractivity contribution is 0.399. The standard InChI is InChI=1S/C11H10F2O/c1-3-4-5-9-10(13)6-8(12)7-11(9)14-2/h1,6-7H,4-5H2,2H3. The van der Waals surface area contributed by atoms with Crippen LogP contribution in [0.25, 0.3) is 0 Å². The maximum absolute atomic E-state index is 13.2. The predicted molar refractivity (Wildman–Crippen MR) is 50.1 cm³/mol. The summed E-state index contributed by atoms with van der Waals surface area (Å²) in [6.45, 7) is 0. The Labute approximate surface area is 81.7 Å². The van der Waals surface area contributed by atoms with Gasteiger partial charge in [0.1, 0.15) is 17.4 Å². The Balaban J connectivity index is 3.06. The number of hydrogen-bond acceptors (Lipinski definition) is 1. The van der Waals surface area contributed by atoms with Crippen molar-refractivity contribution in [2.45, 2.75) is 12.8 Å². The fourth-order valence-electron chi connectivity index (χ4n) is 1.20. The van der Waals surface area contributed by atoms with Gasteiger partial charge in [-0.05, 0) is 6.42 Å². The van der Waals surface area contributed by atoms with E-state index in [1.165, 1.54) is 7.11 Å². The van der Waals surface area contributed by atoms with E-state index in [1.807, 2.05) is 0 Å². The summed E-state index contributed by atoms with van der Waals surface area (Å²) in [6, 6.07) is 1.98. The van der Waals surface area contributed by atoms with Crippen molar-refractivity contribution in [2.75, 3.05) is 7.11 Å². The monoisotopic (exact) mass is 196 g/mol. The molecule has 0 aliphatic rings.